The van der Waals surface area contributed by atoms with E-state index in [1.54, 1.807) is 0 Å². The standard InChI is InChI=1S/C20H44N4O/c1-6-20(7-2,14-17-25)18-23-19(21-8-3)22-15-12-10-9-11-13-16-24(4)5/h25H,6-18H2,1-5H3,(H2,21,22,23). The molecule has 0 bridgehead atoms. The fourth-order valence-electron chi connectivity index (χ4n) is 3.02. The van der Waals surface area contributed by atoms with Crippen LogP contribution in [0.15, 0.2) is 4.99 Å². The monoisotopic (exact) mass is 356 g/mol. The van der Waals surface area contributed by atoms with Crippen molar-refractivity contribution in [3.8, 4) is 0 Å². The van der Waals surface area contributed by atoms with E-state index in [4.69, 9.17) is 4.99 Å². The molecule has 0 spiro atoms. The van der Waals surface area contributed by atoms with Crippen LogP contribution in [0.3, 0.4) is 0 Å². The van der Waals surface area contributed by atoms with Gasteiger partial charge in [-0.15, -0.1) is 0 Å². The van der Waals surface area contributed by atoms with Crippen LogP contribution in [0.2, 0.25) is 0 Å². The van der Waals surface area contributed by atoms with Crippen LogP contribution in [0.4, 0.5) is 0 Å². The highest BCUT2D eigenvalue weighted by atomic mass is 16.3. The molecule has 0 aliphatic rings. The van der Waals surface area contributed by atoms with E-state index in [2.05, 4.69) is 50.4 Å². The van der Waals surface area contributed by atoms with Crippen molar-refractivity contribution in [1.82, 2.24) is 15.5 Å². The van der Waals surface area contributed by atoms with Crippen molar-refractivity contribution >= 4 is 5.96 Å². The molecule has 0 aromatic carbocycles. The van der Waals surface area contributed by atoms with Gasteiger partial charge in [-0.05, 0) is 65.1 Å². The van der Waals surface area contributed by atoms with Gasteiger partial charge in [0.25, 0.3) is 0 Å². The number of nitrogens with zero attached hydrogens (tertiary/aromatic N) is 2. The van der Waals surface area contributed by atoms with Gasteiger partial charge in [-0.2, -0.15) is 0 Å². The van der Waals surface area contributed by atoms with Crippen LogP contribution in [0, 0.1) is 5.41 Å². The predicted octanol–water partition coefficient (Wildman–Crippen LogP) is 3.24. The van der Waals surface area contributed by atoms with Crippen molar-refractivity contribution in [3.05, 3.63) is 0 Å². The molecule has 0 radical (unpaired) electrons. The number of rotatable bonds is 15. The minimum absolute atomic E-state index is 0.129. The first kappa shape index (κ1) is 24.2. The molecule has 3 N–H and O–H groups in total. The summed E-state index contributed by atoms with van der Waals surface area (Å²) in [4.78, 5) is 7.04. The predicted molar refractivity (Wildman–Crippen MR) is 110 cm³/mol. The zero-order valence-electron chi connectivity index (χ0n) is 17.5. The Kier molecular flexibility index (Phi) is 14.9. The van der Waals surface area contributed by atoms with Gasteiger partial charge >= 0.3 is 0 Å². The number of hydrogen-bond donors (Lipinski definition) is 3. The SMILES string of the molecule is CCNC(=NCC(CC)(CC)CCO)NCCCCCCCN(C)C. The van der Waals surface area contributed by atoms with Crippen molar-refractivity contribution in [1.29, 1.82) is 0 Å². The molecule has 0 atom stereocenters. The Balaban J connectivity index is 4.15. The molecule has 25 heavy (non-hydrogen) atoms. The summed E-state index contributed by atoms with van der Waals surface area (Å²) >= 11 is 0. The van der Waals surface area contributed by atoms with Crippen LogP contribution in [-0.4, -0.2) is 62.8 Å². The minimum atomic E-state index is 0.129. The molecule has 5 heteroatoms. The zero-order valence-corrected chi connectivity index (χ0v) is 17.5. The van der Waals surface area contributed by atoms with Crippen LogP contribution in [-0.2, 0) is 0 Å². The molecule has 0 unspecified atom stereocenters. The van der Waals surface area contributed by atoms with Crippen LogP contribution < -0.4 is 10.6 Å². The maximum atomic E-state index is 9.34. The molecule has 0 aliphatic heterocycles. The fourth-order valence-corrected chi connectivity index (χ4v) is 3.02. The third-order valence-electron chi connectivity index (χ3n) is 5.13. The number of aliphatic hydroxyl groups excluding tert-OH is 1. The van der Waals surface area contributed by atoms with Gasteiger partial charge in [-0.25, -0.2) is 0 Å². The van der Waals surface area contributed by atoms with Crippen LogP contribution in [0.1, 0.15) is 72.1 Å². The third-order valence-corrected chi connectivity index (χ3v) is 5.13. The highest BCUT2D eigenvalue weighted by molar-refractivity contribution is 5.79. The lowest BCUT2D eigenvalue weighted by molar-refractivity contribution is 0.175. The molecule has 0 rings (SSSR count). The Morgan fingerprint density at radius 3 is 2.16 bits per heavy atom. The Morgan fingerprint density at radius 2 is 1.60 bits per heavy atom. The van der Waals surface area contributed by atoms with Crippen LogP contribution in [0.25, 0.3) is 0 Å². The average molecular weight is 357 g/mol. The van der Waals surface area contributed by atoms with Gasteiger partial charge in [0, 0.05) is 26.2 Å². The van der Waals surface area contributed by atoms with E-state index in [9.17, 15) is 5.11 Å². The number of unbranched alkanes of at least 4 members (excludes halogenated alkanes) is 4. The van der Waals surface area contributed by atoms with Crippen LogP contribution in [0.5, 0.6) is 0 Å². The Morgan fingerprint density at radius 1 is 0.960 bits per heavy atom. The van der Waals surface area contributed by atoms with Crippen LogP contribution >= 0.6 is 0 Å². The van der Waals surface area contributed by atoms with E-state index in [0.717, 1.165) is 44.9 Å². The first-order chi connectivity index (χ1) is 12.0. The molecule has 0 heterocycles. The second-order valence-electron chi connectivity index (χ2n) is 7.37. The van der Waals surface area contributed by atoms with Gasteiger partial charge in [0.05, 0.1) is 0 Å². The summed E-state index contributed by atoms with van der Waals surface area (Å²) in [7, 11) is 4.27. The van der Waals surface area contributed by atoms with Crippen molar-refractivity contribution in [3.63, 3.8) is 0 Å². The smallest absolute Gasteiger partial charge is 0.191 e. The summed E-state index contributed by atoms with van der Waals surface area (Å²) < 4.78 is 0. The molecule has 0 amide bonds. The highest BCUT2D eigenvalue weighted by Gasteiger charge is 2.25. The molecule has 0 aliphatic carbocycles. The van der Waals surface area contributed by atoms with Crippen molar-refractivity contribution < 1.29 is 5.11 Å². The largest absolute Gasteiger partial charge is 0.396 e. The molecule has 0 saturated heterocycles. The van der Waals surface area contributed by atoms with E-state index in [0.29, 0.717) is 0 Å². The summed E-state index contributed by atoms with van der Waals surface area (Å²) in [6, 6.07) is 0. The summed E-state index contributed by atoms with van der Waals surface area (Å²) in [6.45, 7) is 10.6. The number of nitrogens with one attached hydrogen (secondary N) is 2. The Hall–Kier alpha value is -0.810. The molecule has 0 saturated carbocycles. The number of aliphatic imine (C=N–C) groups is 1. The topological polar surface area (TPSA) is 59.9 Å². The van der Waals surface area contributed by atoms with Gasteiger partial charge in [-0.3, -0.25) is 4.99 Å². The summed E-state index contributed by atoms with van der Waals surface area (Å²) in [5, 5.41) is 16.1. The quantitative estimate of drug-likeness (QED) is 0.239. The van der Waals surface area contributed by atoms with Gasteiger partial charge in [0.1, 0.15) is 0 Å². The van der Waals surface area contributed by atoms with E-state index in [-0.39, 0.29) is 12.0 Å². The molecule has 0 aromatic heterocycles. The fraction of sp³-hybridized carbons (Fsp3) is 0.950. The Bertz CT molecular complexity index is 328. The van der Waals surface area contributed by atoms with Gasteiger partial charge in [0.2, 0.25) is 0 Å². The van der Waals surface area contributed by atoms with Crippen molar-refractivity contribution in [2.45, 2.75) is 72.1 Å². The zero-order chi connectivity index (χ0) is 19.0. The minimum Gasteiger partial charge on any atom is -0.396 e. The lowest BCUT2D eigenvalue weighted by atomic mass is 9.79. The summed E-state index contributed by atoms with van der Waals surface area (Å²) in [5.41, 5.74) is 0.129. The molecule has 150 valence electrons. The first-order valence-corrected chi connectivity index (χ1v) is 10.3. The average Bonchev–Trinajstić information content (AvgIpc) is 2.60. The second-order valence-corrected chi connectivity index (χ2v) is 7.37. The number of aliphatic hydroxyl groups is 1. The normalized spacial score (nSPS) is 12.7. The third kappa shape index (κ3) is 12.2. The summed E-state index contributed by atoms with van der Waals surface area (Å²) in [6.07, 6.45) is 9.34. The number of guanidine groups is 1. The van der Waals surface area contributed by atoms with Crippen molar-refractivity contribution in [2.24, 2.45) is 10.4 Å². The molecule has 0 aromatic rings. The lowest BCUT2D eigenvalue weighted by Gasteiger charge is -2.29. The second kappa shape index (κ2) is 15.4. The molecule has 0 fully saturated rings. The van der Waals surface area contributed by atoms with Gasteiger partial charge in [0.15, 0.2) is 5.96 Å². The molecular weight excluding hydrogens is 312 g/mol. The first-order valence-electron chi connectivity index (χ1n) is 10.3. The van der Waals surface area contributed by atoms with Gasteiger partial charge in [-0.1, -0.05) is 33.1 Å². The maximum absolute atomic E-state index is 9.34. The van der Waals surface area contributed by atoms with Crippen molar-refractivity contribution in [2.75, 3.05) is 46.9 Å². The van der Waals surface area contributed by atoms with Gasteiger partial charge < -0.3 is 20.6 Å². The van der Waals surface area contributed by atoms with E-state index in [1.165, 1.54) is 38.6 Å². The molecular formula is C20H44N4O. The lowest BCUT2D eigenvalue weighted by Crippen LogP contribution is -2.39. The molecule has 5 nitrogen and oxygen atoms in total. The highest BCUT2D eigenvalue weighted by Crippen LogP contribution is 2.30. The Labute approximate surface area is 156 Å². The summed E-state index contributed by atoms with van der Waals surface area (Å²) in [5.74, 6) is 0.916. The number of hydrogen-bond acceptors (Lipinski definition) is 3. The van der Waals surface area contributed by atoms with E-state index >= 15 is 0 Å². The maximum Gasteiger partial charge on any atom is 0.191 e. The van der Waals surface area contributed by atoms with E-state index in [1.807, 2.05) is 0 Å². The van der Waals surface area contributed by atoms with E-state index < -0.39 is 0 Å².